The highest BCUT2D eigenvalue weighted by Gasteiger charge is 2.62. The molecule has 1 aliphatic heterocycles. The van der Waals surface area contributed by atoms with Crippen molar-refractivity contribution in [2.45, 2.75) is 24.7 Å². The first kappa shape index (κ1) is 23.6. The molecule has 0 amide bonds. The molecule has 2 heterocycles. The first-order valence-corrected chi connectivity index (χ1v) is 12.3. The van der Waals surface area contributed by atoms with Crippen LogP contribution in [-0.4, -0.2) is 44.0 Å². The van der Waals surface area contributed by atoms with Gasteiger partial charge in [0.2, 0.25) is 11.4 Å². The lowest BCUT2D eigenvalue weighted by Gasteiger charge is -2.45. The van der Waals surface area contributed by atoms with Crippen LogP contribution in [0.25, 0.3) is 0 Å². The molecule has 0 aliphatic carbocycles. The van der Waals surface area contributed by atoms with Gasteiger partial charge in [0.05, 0.1) is 6.61 Å². The number of aliphatic hydroxyl groups is 1. The van der Waals surface area contributed by atoms with Gasteiger partial charge in [0, 0.05) is 30.4 Å². The number of benzene rings is 1. The molecule has 168 valence electrons. The Labute approximate surface area is 176 Å². The van der Waals surface area contributed by atoms with E-state index in [2.05, 4.69) is 16.0 Å². The quantitative estimate of drug-likeness (QED) is 0.335. The van der Waals surface area contributed by atoms with Crippen molar-refractivity contribution in [3.63, 3.8) is 0 Å². The zero-order valence-electron chi connectivity index (χ0n) is 16.3. The number of halogens is 1. The van der Waals surface area contributed by atoms with Crippen LogP contribution in [0.1, 0.15) is 24.3 Å². The average Bonchev–Trinajstić information content (AvgIpc) is 2.67. The fraction of sp³-hybridized carbons (Fsp3) is 0.278. The van der Waals surface area contributed by atoms with Gasteiger partial charge in [0.15, 0.2) is 7.34 Å². The molecule has 4 unspecified atom stereocenters. The summed E-state index contributed by atoms with van der Waals surface area (Å²) in [5, 5.41) is 8.13. The van der Waals surface area contributed by atoms with Crippen LogP contribution < -0.4 is 4.74 Å². The van der Waals surface area contributed by atoms with Crippen LogP contribution >= 0.6 is 14.9 Å². The van der Waals surface area contributed by atoms with Gasteiger partial charge in [-0.15, -0.1) is 0 Å². The van der Waals surface area contributed by atoms with Gasteiger partial charge in [0.25, 0.3) is 0 Å². The zero-order chi connectivity index (χ0) is 22.9. The normalized spacial score (nSPS) is 30.5. The summed E-state index contributed by atoms with van der Waals surface area (Å²) >= 11 is 0. The van der Waals surface area contributed by atoms with Gasteiger partial charge in [-0.05, 0) is 37.0 Å². The number of rotatable bonds is 5. The van der Waals surface area contributed by atoms with Gasteiger partial charge in [-0.3, -0.25) is 18.6 Å². The SMILES string of the molecule is C=P1(O)OC(c2ccc(OC(=O)OCC)cc2F)OP(=O)(O)C1(O)Cc1cccnc1. The van der Waals surface area contributed by atoms with Crippen LogP contribution in [0, 0.1) is 5.82 Å². The molecular formula is C18H20FNO9P2. The fourth-order valence-electron chi connectivity index (χ4n) is 2.79. The maximum absolute atomic E-state index is 14.6. The summed E-state index contributed by atoms with van der Waals surface area (Å²) in [6.07, 6.45) is 2.76. The van der Waals surface area contributed by atoms with E-state index >= 15 is 0 Å². The third-order valence-corrected chi connectivity index (χ3v) is 9.43. The summed E-state index contributed by atoms with van der Waals surface area (Å²) in [6.45, 7) is 1.62. The Morgan fingerprint density at radius 2 is 2.10 bits per heavy atom. The lowest BCUT2D eigenvalue weighted by atomic mass is 10.2. The lowest BCUT2D eigenvalue weighted by Crippen LogP contribution is -2.38. The third-order valence-electron chi connectivity index (χ3n) is 4.37. The molecule has 1 saturated heterocycles. The van der Waals surface area contributed by atoms with E-state index in [0.717, 1.165) is 12.1 Å². The fourth-order valence-corrected chi connectivity index (χ4v) is 6.76. The first-order chi connectivity index (χ1) is 14.5. The molecule has 0 spiro atoms. The van der Waals surface area contributed by atoms with E-state index in [1.54, 1.807) is 6.92 Å². The number of aromatic nitrogens is 1. The van der Waals surface area contributed by atoms with E-state index < -0.39 is 44.7 Å². The third kappa shape index (κ3) is 4.73. The van der Waals surface area contributed by atoms with Crippen LogP contribution in [0.2, 0.25) is 0 Å². The average molecular weight is 475 g/mol. The van der Waals surface area contributed by atoms with Crippen molar-refractivity contribution in [3.05, 3.63) is 59.7 Å². The van der Waals surface area contributed by atoms with E-state index in [1.807, 2.05) is 0 Å². The van der Waals surface area contributed by atoms with Gasteiger partial charge >= 0.3 is 13.8 Å². The molecule has 13 heteroatoms. The number of hydrogen-bond acceptors (Lipinski definition) is 9. The van der Waals surface area contributed by atoms with E-state index in [-0.39, 0.29) is 17.9 Å². The van der Waals surface area contributed by atoms with Gasteiger partial charge in [-0.25, -0.2) is 9.18 Å². The highest BCUT2D eigenvalue weighted by molar-refractivity contribution is 7.78. The Bertz CT molecular complexity index is 1040. The molecule has 3 rings (SSSR count). The zero-order valence-corrected chi connectivity index (χ0v) is 18.0. The summed E-state index contributed by atoms with van der Waals surface area (Å²) < 4.78 is 47.1. The molecule has 4 atom stereocenters. The van der Waals surface area contributed by atoms with Crippen molar-refractivity contribution in [1.29, 1.82) is 0 Å². The van der Waals surface area contributed by atoms with Crippen LogP contribution in [0.15, 0.2) is 42.7 Å². The molecule has 31 heavy (non-hydrogen) atoms. The van der Waals surface area contributed by atoms with Gasteiger partial charge in [-0.2, -0.15) is 0 Å². The molecule has 0 bridgehead atoms. The van der Waals surface area contributed by atoms with Gasteiger partial charge < -0.3 is 24.4 Å². The first-order valence-electron chi connectivity index (χ1n) is 8.90. The van der Waals surface area contributed by atoms with Crippen molar-refractivity contribution < 1.29 is 47.2 Å². The molecule has 2 aromatic rings. The number of nitrogens with zero attached hydrogens (tertiary/aromatic N) is 1. The molecule has 0 saturated carbocycles. The minimum absolute atomic E-state index is 0.0582. The number of ether oxygens (including phenoxy) is 2. The molecule has 1 fully saturated rings. The predicted octanol–water partition coefficient (Wildman–Crippen LogP) is 3.15. The largest absolute Gasteiger partial charge is 0.513 e. The van der Waals surface area contributed by atoms with Crippen LogP contribution in [-0.2, 0) is 24.8 Å². The Morgan fingerprint density at radius 3 is 2.68 bits per heavy atom. The minimum atomic E-state index is -5.01. The molecule has 1 aliphatic rings. The molecule has 1 aromatic heterocycles. The smallest absolute Gasteiger partial charge is 0.434 e. The molecule has 0 radical (unpaired) electrons. The van der Waals surface area contributed by atoms with Crippen LogP contribution in [0.4, 0.5) is 9.18 Å². The van der Waals surface area contributed by atoms with Gasteiger partial charge in [-0.1, -0.05) is 6.07 Å². The maximum Gasteiger partial charge on any atom is 0.513 e. The summed E-state index contributed by atoms with van der Waals surface area (Å²) in [6, 6.07) is 6.09. The van der Waals surface area contributed by atoms with Crippen LogP contribution in [0.3, 0.4) is 0 Å². The van der Waals surface area contributed by atoms with E-state index in [4.69, 9.17) is 13.8 Å². The number of carbonyl (C=O) groups is 1. The minimum Gasteiger partial charge on any atom is -0.434 e. The molecular weight excluding hydrogens is 455 g/mol. The molecule has 3 N–H and O–H groups in total. The maximum atomic E-state index is 14.6. The Hall–Kier alpha value is -2.10. The van der Waals surface area contributed by atoms with Gasteiger partial charge in [0.1, 0.15) is 11.6 Å². The molecule has 10 nitrogen and oxygen atoms in total. The van der Waals surface area contributed by atoms with Crippen molar-refractivity contribution in [2.24, 2.45) is 0 Å². The number of carbonyl (C=O) groups excluding carboxylic acids is 1. The number of hydrogen-bond donors (Lipinski definition) is 3. The summed E-state index contributed by atoms with van der Waals surface area (Å²) in [5.41, 5.74) is -0.0605. The monoisotopic (exact) mass is 475 g/mol. The van der Waals surface area contributed by atoms with E-state index in [0.29, 0.717) is 5.56 Å². The van der Waals surface area contributed by atoms with Crippen LogP contribution in [0.5, 0.6) is 5.75 Å². The van der Waals surface area contributed by atoms with Crippen molar-refractivity contribution in [3.8, 4) is 5.75 Å². The second-order valence-electron chi connectivity index (χ2n) is 6.55. The Kier molecular flexibility index (Phi) is 6.69. The van der Waals surface area contributed by atoms with E-state index in [9.17, 15) is 28.6 Å². The predicted molar refractivity (Wildman–Crippen MR) is 108 cm³/mol. The van der Waals surface area contributed by atoms with Crippen molar-refractivity contribution in [2.75, 3.05) is 6.61 Å². The number of pyridine rings is 1. The lowest BCUT2D eigenvalue weighted by molar-refractivity contribution is -0.0491. The second-order valence-corrected chi connectivity index (χ2v) is 11.2. The van der Waals surface area contributed by atoms with Crippen molar-refractivity contribution >= 4 is 27.4 Å². The highest BCUT2D eigenvalue weighted by Crippen LogP contribution is 2.78. The standard InChI is InChI=1S/C18H20FNO9P2/c1-3-26-17(21)27-13-6-7-14(15(19)9-13)16-28-30(2,23)18(22,31(24,25)29-16)10-12-5-4-8-20-11-12/h4-9,11,16,22-23H,2-3,10H2,1H3,(H,24,25). The highest BCUT2D eigenvalue weighted by atomic mass is 31.2. The topological polar surface area (TPSA) is 145 Å². The Morgan fingerprint density at radius 1 is 1.35 bits per heavy atom. The summed E-state index contributed by atoms with van der Waals surface area (Å²) in [4.78, 5) is 36.4. The van der Waals surface area contributed by atoms with E-state index in [1.165, 1.54) is 30.6 Å². The van der Waals surface area contributed by atoms with Crippen molar-refractivity contribution in [1.82, 2.24) is 4.98 Å². The Balaban J connectivity index is 1.87. The summed E-state index contributed by atoms with van der Waals surface area (Å²) in [7, 11) is -9.28. The second kappa shape index (κ2) is 8.80. The summed E-state index contributed by atoms with van der Waals surface area (Å²) in [5.74, 6) is -1.22. The molecule has 1 aromatic carbocycles.